The molecule has 20 heavy (non-hydrogen) atoms. The zero-order valence-electron chi connectivity index (χ0n) is 10.3. The molecule has 0 spiro atoms. The first-order valence-electron chi connectivity index (χ1n) is 5.91. The van der Waals surface area contributed by atoms with Crippen LogP contribution in [0.5, 0.6) is 0 Å². The summed E-state index contributed by atoms with van der Waals surface area (Å²) >= 11 is 0. The summed E-state index contributed by atoms with van der Waals surface area (Å²) in [4.78, 5) is 11.8. The number of rotatable bonds is 1. The lowest BCUT2D eigenvalue weighted by molar-refractivity contribution is -0.117. The van der Waals surface area contributed by atoms with Crippen molar-refractivity contribution in [1.29, 1.82) is 0 Å². The third-order valence-electron chi connectivity index (χ3n) is 3.03. The topological polar surface area (TPSA) is 108 Å². The molecule has 0 unspecified atom stereocenters. The minimum Gasteiger partial charge on any atom is -0.511 e. The van der Waals surface area contributed by atoms with Gasteiger partial charge >= 0.3 is 0 Å². The van der Waals surface area contributed by atoms with Crippen LogP contribution in [-0.2, 0) is 14.8 Å². The first-order chi connectivity index (χ1) is 9.49. The Morgan fingerprint density at radius 3 is 2.75 bits per heavy atom. The van der Waals surface area contributed by atoms with Crippen LogP contribution in [0.1, 0.15) is 6.42 Å². The van der Waals surface area contributed by atoms with E-state index in [1.54, 1.807) is 18.2 Å². The lowest BCUT2D eigenvalue weighted by Crippen LogP contribution is -2.38. The molecule has 0 saturated heterocycles. The van der Waals surface area contributed by atoms with E-state index in [2.05, 4.69) is 15.0 Å². The summed E-state index contributed by atoms with van der Waals surface area (Å²) in [5.74, 6) is -0.873. The van der Waals surface area contributed by atoms with Crippen molar-refractivity contribution in [2.75, 3.05) is 11.9 Å². The summed E-state index contributed by atoms with van der Waals surface area (Å²) < 4.78 is 27.7. The number of fused-ring (bicyclic) bond motifs is 1. The molecule has 3 N–H and O–H groups in total. The zero-order valence-corrected chi connectivity index (χ0v) is 11.1. The van der Waals surface area contributed by atoms with Crippen LogP contribution in [0.4, 0.5) is 5.69 Å². The van der Waals surface area contributed by atoms with Gasteiger partial charge in [0.1, 0.15) is 16.2 Å². The van der Waals surface area contributed by atoms with E-state index in [-0.39, 0.29) is 28.5 Å². The SMILES string of the molecule is O=C1NCCC(O)=C1C1=NS(=O)(=O)c2ccccc2N1. The maximum atomic E-state index is 12.1. The Morgan fingerprint density at radius 2 is 2.00 bits per heavy atom. The smallest absolute Gasteiger partial charge is 0.286 e. The van der Waals surface area contributed by atoms with Gasteiger partial charge in [-0.3, -0.25) is 4.79 Å². The number of aliphatic hydroxyl groups is 1. The third-order valence-corrected chi connectivity index (χ3v) is 4.36. The van der Waals surface area contributed by atoms with E-state index in [0.717, 1.165) is 0 Å². The summed E-state index contributed by atoms with van der Waals surface area (Å²) in [5, 5.41) is 15.1. The number of nitrogens with one attached hydrogen (secondary N) is 2. The van der Waals surface area contributed by atoms with Gasteiger partial charge in [-0.15, -0.1) is 4.40 Å². The number of sulfonamides is 1. The molecule has 3 rings (SSSR count). The first kappa shape index (κ1) is 12.7. The van der Waals surface area contributed by atoms with Gasteiger partial charge in [-0.1, -0.05) is 12.1 Å². The maximum Gasteiger partial charge on any atom is 0.286 e. The van der Waals surface area contributed by atoms with Crippen LogP contribution in [0.3, 0.4) is 0 Å². The number of amidine groups is 1. The number of nitrogens with zero attached hydrogens (tertiary/aromatic N) is 1. The standard InChI is InChI=1S/C12H11N3O4S/c16-8-5-6-13-12(17)10(8)11-14-7-3-1-2-4-9(7)20(18,19)15-11/h1-4,16H,5-6H2,(H,13,17)(H,14,15). The van der Waals surface area contributed by atoms with Crippen molar-refractivity contribution in [3.05, 3.63) is 35.6 Å². The molecule has 0 bridgehead atoms. The van der Waals surface area contributed by atoms with Crippen molar-refractivity contribution in [3.63, 3.8) is 0 Å². The Labute approximate surface area is 115 Å². The molecule has 7 nitrogen and oxygen atoms in total. The number of hydrogen-bond acceptors (Lipinski definition) is 5. The highest BCUT2D eigenvalue weighted by Gasteiger charge is 2.31. The fourth-order valence-electron chi connectivity index (χ4n) is 2.11. The van der Waals surface area contributed by atoms with Crippen LogP contribution in [-0.4, -0.2) is 31.8 Å². The van der Waals surface area contributed by atoms with E-state index >= 15 is 0 Å². The number of hydrogen-bond donors (Lipinski definition) is 3. The molecule has 2 aliphatic rings. The molecular weight excluding hydrogens is 282 g/mol. The predicted octanol–water partition coefficient (Wildman–Crippen LogP) is 0.531. The maximum absolute atomic E-state index is 12.1. The Bertz CT molecular complexity index is 765. The largest absolute Gasteiger partial charge is 0.511 e. The number of aliphatic hydroxyl groups excluding tert-OH is 1. The number of anilines is 1. The number of carbonyl (C=O) groups excluding carboxylic acids is 1. The average molecular weight is 293 g/mol. The van der Waals surface area contributed by atoms with Gasteiger partial charge in [0.05, 0.1) is 5.69 Å². The molecule has 0 radical (unpaired) electrons. The van der Waals surface area contributed by atoms with Crippen molar-refractivity contribution >= 4 is 27.5 Å². The molecule has 1 aromatic rings. The van der Waals surface area contributed by atoms with Crippen LogP contribution in [0.15, 0.2) is 44.9 Å². The summed E-state index contributed by atoms with van der Waals surface area (Å²) in [6.07, 6.45) is 0.240. The molecule has 0 fully saturated rings. The van der Waals surface area contributed by atoms with Gasteiger partial charge in [-0.05, 0) is 12.1 Å². The molecule has 1 amide bonds. The minimum atomic E-state index is -3.89. The number of benzene rings is 1. The molecule has 1 aromatic carbocycles. The molecule has 8 heteroatoms. The van der Waals surface area contributed by atoms with Crippen molar-refractivity contribution in [3.8, 4) is 0 Å². The Kier molecular flexibility index (Phi) is 2.75. The monoisotopic (exact) mass is 293 g/mol. The highest BCUT2D eigenvalue weighted by atomic mass is 32.2. The lowest BCUT2D eigenvalue weighted by Gasteiger charge is -2.22. The van der Waals surface area contributed by atoms with Gasteiger partial charge in [0.2, 0.25) is 0 Å². The number of carbonyl (C=O) groups is 1. The van der Waals surface area contributed by atoms with E-state index < -0.39 is 15.9 Å². The fraction of sp³-hybridized carbons (Fsp3) is 0.167. The van der Waals surface area contributed by atoms with Gasteiger partial charge in [0.15, 0.2) is 5.84 Å². The minimum absolute atomic E-state index is 0.0417. The van der Waals surface area contributed by atoms with Crippen molar-refractivity contribution < 1.29 is 18.3 Å². The zero-order chi connectivity index (χ0) is 14.3. The van der Waals surface area contributed by atoms with Gasteiger partial charge in [-0.25, -0.2) is 0 Å². The van der Waals surface area contributed by atoms with Crippen LogP contribution >= 0.6 is 0 Å². The molecule has 2 heterocycles. The van der Waals surface area contributed by atoms with Crippen LogP contribution in [0.25, 0.3) is 0 Å². The highest BCUT2D eigenvalue weighted by Crippen LogP contribution is 2.29. The first-order valence-corrected chi connectivity index (χ1v) is 7.35. The Hall–Kier alpha value is -2.35. The Morgan fingerprint density at radius 1 is 1.25 bits per heavy atom. The second-order valence-corrected chi connectivity index (χ2v) is 5.94. The van der Waals surface area contributed by atoms with Gasteiger partial charge in [0, 0.05) is 13.0 Å². The second-order valence-electron chi connectivity index (χ2n) is 4.36. The normalized spacial score (nSPS) is 20.6. The summed E-state index contributed by atoms with van der Waals surface area (Å²) in [6, 6.07) is 6.25. The molecule has 104 valence electrons. The van der Waals surface area contributed by atoms with E-state index in [0.29, 0.717) is 12.2 Å². The van der Waals surface area contributed by atoms with Crippen LogP contribution in [0, 0.1) is 0 Å². The lowest BCUT2D eigenvalue weighted by atomic mass is 10.1. The number of para-hydroxylation sites is 1. The molecule has 0 saturated carbocycles. The summed E-state index contributed by atoms with van der Waals surface area (Å²) in [7, 11) is -3.89. The van der Waals surface area contributed by atoms with E-state index in [4.69, 9.17) is 0 Å². The Balaban J connectivity index is 2.15. The van der Waals surface area contributed by atoms with Gasteiger partial charge < -0.3 is 15.7 Å². The van der Waals surface area contributed by atoms with Crippen LogP contribution in [0.2, 0.25) is 0 Å². The molecule has 0 atom stereocenters. The van der Waals surface area contributed by atoms with Gasteiger partial charge in [0.25, 0.3) is 15.9 Å². The second kappa shape index (κ2) is 4.34. The van der Waals surface area contributed by atoms with Crippen molar-refractivity contribution in [1.82, 2.24) is 5.32 Å². The molecular formula is C12H11N3O4S. The van der Waals surface area contributed by atoms with Crippen molar-refractivity contribution in [2.24, 2.45) is 4.40 Å². The molecule has 2 aliphatic heterocycles. The summed E-state index contributed by atoms with van der Waals surface area (Å²) in [5.41, 5.74) is 0.200. The van der Waals surface area contributed by atoms with Crippen molar-refractivity contribution in [2.45, 2.75) is 11.3 Å². The fourth-order valence-corrected chi connectivity index (χ4v) is 3.23. The number of amides is 1. The van der Waals surface area contributed by atoms with E-state index in [9.17, 15) is 18.3 Å². The predicted molar refractivity (Wildman–Crippen MR) is 72.0 cm³/mol. The molecule has 0 aliphatic carbocycles. The quantitative estimate of drug-likeness (QED) is 0.700. The molecule has 0 aromatic heterocycles. The van der Waals surface area contributed by atoms with E-state index in [1.165, 1.54) is 6.07 Å². The van der Waals surface area contributed by atoms with Gasteiger partial charge in [-0.2, -0.15) is 8.42 Å². The highest BCUT2D eigenvalue weighted by molar-refractivity contribution is 7.90. The third kappa shape index (κ3) is 1.94. The van der Waals surface area contributed by atoms with Crippen LogP contribution < -0.4 is 10.6 Å². The van der Waals surface area contributed by atoms with E-state index in [1.807, 2.05) is 0 Å². The average Bonchev–Trinajstić information content (AvgIpc) is 2.38. The summed E-state index contributed by atoms with van der Waals surface area (Å²) in [6.45, 7) is 0.310.